The van der Waals surface area contributed by atoms with E-state index in [1.165, 1.54) is 0 Å². The van der Waals surface area contributed by atoms with Gasteiger partial charge in [-0.2, -0.15) is 5.10 Å². The number of nitrogens with one attached hydrogen (secondary N) is 1. The van der Waals surface area contributed by atoms with Gasteiger partial charge in [0.1, 0.15) is 11.5 Å². The van der Waals surface area contributed by atoms with Crippen molar-refractivity contribution < 1.29 is 17.6 Å². The quantitative estimate of drug-likeness (QED) is 0.847. The summed E-state index contributed by atoms with van der Waals surface area (Å²) in [5.41, 5.74) is 0.628. The Morgan fingerprint density at radius 2 is 2.07 bits per heavy atom. The van der Waals surface area contributed by atoms with Crippen LogP contribution >= 0.6 is 0 Å². The van der Waals surface area contributed by atoms with Gasteiger partial charge in [-0.05, 0) is 25.0 Å². The molecule has 0 unspecified atom stereocenters. The van der Waals surface area contributed by atoms with E-state index in [0.717, 1.165) is 19.3 Å². The Kier molecular flexibility index (Phi) is 4.49. The van der Waals surface area contributed by atoms with Crippen molar-refractivity contribution in [2.24, 2.45) is 7.05 Å². The number of aryl methyl sites for hydroxylation is 1. The van der Waals surface area contributed by atoms with Crippen LogP contribution in [0.4, 0.5) is 10.6 Å². The minimum Gasteiger partial charge on any atom is -0.463 e. The molecule has 1 aliphatic carbocycles. The second kappa shape index (κ2) is 6.70. The molecule has 1 spiro atoms. The van der Waals surface area contributed by atoms with E-state index in [1.807, 2.05) is 0 Å². The van der Waals surface area contributed by atoms with Gasteiger partial charge in [-0.25, -0.2) is 13.2 Å². The van der Waals surface area contributed by atoms with Crippen LogP contribution < -0.4 is 5.32 Å². The highest BCUT2D eigenvalue weighted by atomic mass is 32.2. The fourth-order valence-electron chi connectivity index (χ4n) is 4.13. The Bertz CT molecular complexity index is 927. The molecule has 2 aromatic heterocycles. The minimum atomic E-state index is -3.17. The van der Waals surface area contributed by atoms with E-state index in [4.69, 9.17) is 4.42 Å². The third-order valence-electron chi connectivity index (χ3n) is 5.71. The van der Waals surface area contributed by atoms with E-state index in [1.54, 1.807) is 41.1 Å². The fourth-order valence-corrected chi connectivity index (χ4v) is 6.29. The average Bonchev–Trinajstić information content (AvgIpc) is 3.29. The zero-order valence-electron chi connectivity index (χ0n) is 15.3. The number of aromatic nitrogens is 2. The second-order valence-electron chi connectivity index (χ2n) is 7.43. The van der Waals surface area contributed by atoms with Gasteiger partial charge in [0.15, 0.2) is 15.6 Å². The van der Waals surface area contributed by atoms with Crippen molar-refractivity contribution in [1.29, 1.82) is 0 Å². The molecule has 0 atom stereocenters. The summed E-state index contributed by atoms with van der Waals surface area (Å²) in [5, 5.41) is 7.21. The summed E-state index contributed by atoms with van der Waals surface area (Å²) in [6, 6.07) is 5.04. The molecule has 2 fully saturated rings. The van der Waals surface area contributed by atoms with Gasteiger partial charge in [0.05, 0.1) is 16.8 Å². The van der Waals surface area contributed by atoms with E-state index >= 15 is 0 Å². The molecule has 2 amide bonds. The third-order valence-corrected chi connectivity index (χ3v) is 8.29. The molecule has 1 N–H and O–H groups in total. The van der Waals surface area contributed by atoms with Crippen LogP contribution in [0.15, 0.2) is 28.9 Å². The van der Waals surface area contributed by atoms with Crippen LogP contribution in [0.3, 0.4) is 0 Å². The summed E-state index contributed by atoms with van der Waals surface area (Å²) >= 11 is 0. The Balaban J connectivity index is 1.50. The summed E-state index contributed by atoms with van der Waals surface area (Å²) in [7, 11) is -1.43. The van der Waals surface area contributed by atoms with Gasteiger partial charge >= 0.3 is 6.03 Å². The lowest BCUT2D eigenvalue weighted by Crippen LogP contribution is -2.59. The van der Waals surface area contributed by atoms with Gasteiger partial charge < -0.3 is 9.32 Å². The van der Waals surface area contributed by atoms with Gasteiger partial charge in [0.25, 0.3) is 0 Å². The average molecular weight is 392 g/mol. The zero-order chi connectivity index (χ0) is 19.1. The number of hydrogen-bond acceptors (Lipinski definition) is 5. The number of sulfone groups is 1. The maximum Gasteiger partial charge on any atom is 0.323 e. The molecule has 2 aromatic rings. The van der Waals surface area contributed by atoms with Crippen LogP contribution in [-0.2, 0) is 16.9 Å². The number of carbonyl (C=O) groups excluding carboxylic acids is 1. The summed E-state index contributed by atoms with van der Waals surface area (Å²) in [6.07, 6.45) is 5.74. The van der Waals surface area contributed by atoms with E-state index < -0.39 is 14.6 Å². The van der Waals surface area contributed by atoms with E-state index in [0.29, 0.717) is 30.1 Å². The second-order valence-corrected chi connectivity index (χ2v) is 9.93. The van der Waals surface area contributed by atoms with Crippen molar-refractivity contribution in [3.8, 4) is 11.5 Å². The molecule has 1 aliphatic heterocycles. The summed E-state index contributed by atoms with van der Waals surface area (Å²) < 4.78 is 31.5. The van der Waals surface area contributed by atoms with Gasteiger partial charge in [-0.15, -0.1) is 0 Å². The number of carbonyl (C=O) groups is 1. The van der Waals surface area contributed by atoms with Crippen LogP contribution in [0.25, 0.3) is 11.5 Å². The highest BCUT2D eigenvalue weighted by molar-refractivity contribution is 7.92. The Morgan fingerprint density at radius 3 is 2.78 bits per heavy atom. The molecule has 1 saturated carbocycles. The topological polar surface area (TPSA) is 97.4 Å². The molecule has 2 aliphatic rings. The Morgan fingerprint density at radius 1 is 1.30 bits per heavy atom. The normalized spacial score (nSPS) is 21.3. The molecule has 1 saturated heterocycles. The van der Waals surface area contributed by atoms with Gasteiger partial charge in [0.2, 0.25) is 0 Å². The predicted octanol–water partition coefficient (Wildman–Crippen LogP) is 2.65. The first kappa shape index (κ1) is 18.1. The number of rotatable bonds is 2. The number of furan rings is 1. The highest BCUT2D eigenvalue weighted by Crippen LogP contribution is 2.38. The molecule has 8 nitrogen and oxygen atoms in total. The number of hydrogen-bond donors (Lipinski definition) is 1. The zero-order valence-corrected chi connectivity index (χ0v) is 16.2. The van der Waals surface area contributed by atoms with E-state index in [-0.39, 0.29) is 24.9 Å². The van der Waals surface area contributed by atoms with Crippen LogP contribution in [0.5, 0.6) is 0 Å². The molecule has 0 bridgehead atoms. The smallest absolute Gasteiger partial charge is 0.323 e. The van der Waals surface area contributed by atoms with Crippen molar-refractivity contribution in [2.45, 2.75) is 36.9 Å². The van der Waals surface area contributed by atoms with Gasteiger partial charge in [0, 0.05) is 26.2 Å². The first-order valence-electron chi connectivity index (χ1n) is 9.26. The van der Waals surface area contributed by atoms with Crippen molar-refractivity contribution in [1.82, 2.24) is 14.7 Å². The van der Waals surface area contributed by atoms with Crippen LogP contribution in [0.2, 0.25) is 0 Å². The number of nitrogens with zero attached hydrogens (tertiary/aromatic N) is 3. The lowest BCUT2D eigenvalue weighted by molar-refractivity contribution is 0.193. The van der Waals surface area contributed by atoms with Gasteiger partial charge in [-0.3, -0.25) is 10.00 Å². The van der Waals surface area contributed by atoms with Crippen molar-refractivity contribution in [3.63, 3.8) is 0 Å². The number of urea groups is 1. The standard InChI is InChI=1S/C18H24N4O4S/c1-21-16(12-14(20-21)15-6-5-10-26-15)19-17(23)22-9-11-27(24,25)18(13-22)7-3-2-4-8-18/h5-6,10,12H,2-4,7-9,11,13H2,1H3,(H,19,23). The number of anilines is 1. The van der Waals surface area contributed by atoms with Crippen LogP contribution in [0.1, 0.15) is 32.1 Å². The maximum atomic E-state index is 12.8. The van der Waals surface area contributed by atoms with E-state index in [2.05, 4.69) is 10.4 Å². The molecule has 9 heteroatoms. The third kappa shape index (κ3) is 3.24. The Labute approximate surface area is 158 Å². The van der Waals surface area contributed by atoms with Crippen molar-refractivity contribution >= 4 is 21.7 Å². The summed E-state index contributed by atoms with van der Waals surface area (Å²) in [6.45, 7) is 0.489. The fraction of sp³-hybridized carbons (Fsp3) is 0.556. The molecular formula is C18H24N4O4S. The minimum absolute atomic E-state index is 0.0312. The lowest BCUT2D eigenvalue weighted by atomic mass is 9.87. The Hall–Kier alpha value is -2.29. The molecule has 0 aromatic carbocycles. The number of amides is 2. The lowest BCUT2D eigenvalue weighted by Gasteiger charge is -2.44. The highest BCUT2D eigenvalue weighted by Gasteiger charge is 2.49. The van der Waals surface area contributed by atoms with Crippen LogP contribution in [0, 0.1) is 0 Å². The van der Waals surface area contributed by atoms with Crippen molar-refractivity contribution in [2.75, 3.05) is 24.2 Å². The van der Waals surface area contributed by atoms with Gasteiger partial charge in [-0.1, -0.05) is 19.3 Å². The molecule has 27 heavy (non-hydrogen) atoms. The maximum absolute atomic E-state index is 12.8. The predicted molar refractivity (Wildman–Crippen MR) is 101 cm³/mol. The molecule has 146 valence electrons. The molecule has 3 heterocycles. The SMILES string of the molecule is Cn1nc(-c2ccco2)cc1NC(=O)N1CCS(=O)(=O)C2(CCCCC2)C1. The molecule has 4 rings (SSSR count). The molecule has 0 radical (unpaired) electrons. The first-order valence-corrected chi connectivity index (χ1v) is 10.9. The largest absolute Gasteiger partial charge is 0.463 e. The molecular weight excluding hydrogens is 368 g/mol. The van der Waals surface area contributed by atoms with E-state index in [9.17, 15) is 13.2 Å². The summed E-state index contributed by atoms with van der Waals surface area (Å²) in [5.74, 6) is 1.19. The van der Waals surface area contributed by atoms with Crippen molar-refractivity contribution in [3.05, 3.63) is 24.5 Å². The first-order chi connectivity index (χ1) is 12.9. The summed E-state index contributed by atoms with van der Waals surface area (Å²) in [4.78, 5) is 14.4. The monoisotopic (exact) mass is 392 g/mol. The van der Waals surface area contributed by atoms with Crippen LogP contribution in [-0.4, -0.2) is 52.7 Å².